The third-order valence-electron chi connectivity index (χ3n) is 5.66. The minimum Gasteiger partial charge on any atom is -0.319 e. The van der Waals surface area contributed by atoms with Crippen molar-refractivity contribution in [1.29, 1.82) is 0 Å². The number of imidazole rings is 1. The van der Waals surface area contributed by atoms with Crippen molar-refractivity contribution in [2.24, 2.45) is 0 Å². The van der Waals surface area contributed by atoms with Crippen molar-refractivity contribution >= 4 is 54.4 Å². The van der Waals surface area contributed by atoms with Crippen molar-refractivity contribution in [3.8, 4) is 0 Å². The van der Waals surface area contributed by atoms with Crippen LogP contribution in [0.15, 0.2) is 44.5 Å². The molecule has 0 atom stereocenters. The van der Waals surface area contributed by atoms with Gasteiger partial charge in [0.1, 0.15) is 10.5 Å². The van der Waals surface area contributed by atoms with Gasteiger partial charge in [0, 0.05) is 19.6 Å². The van der Waals surface area contributed by atoms with Crippen molar-refractivity contribution in [3.05, 3.63) is 45.8 Å². The molecule has 0 radical (unpaired) electrons. The molecule has 0 unspecified atom stereocenters. The summed E-state index contributed by atoms with van der Waals surface area (Å²) >= 11 is 2.85. The van der Waals surface area contributed by atoms with Gasteiger partial charge in [0.25, 0.3) is 5.56 Å². The predicted molar refractivity (Wildman–Crippen MR) is 128 cm³/mol. The van der Waals surface area contributed by atoms with Gasteiger partial charge in [-0.2, -0.15) is 4.31 Å². The third kappa shape index (κ3) is 3.87. The Balaban J connectivity index is 1.44. The van der Waals surface area contributed by atoms with Crippen LogP contribution in [0.4, 0.5) is 0 Å². The first-order valence-corrected chi connectivity index (χ1v) is 13.9. The molecular formula is C21H23N5O3S3. The Labute approximate surface area is 193 Å². The normalized spacial score (nSPS) is 15.7. The quantitative estimate of drug-likeness (QED) is 0.413. The Morgan fingerprint density at radius 1 is 1.12 bits per heavy atom. The molecular weight excluding hydrogens is 466 g/mol. The Morgan fingerprint density at radius 3 is 2.72 bits per heavy atom. The molecule has 1 saturated heterocycles. The number of H-pyrrole nitrogens is 1. The molecule has 0 saturated carbocycles. The van der Waals surface area contributed by atoms with Crippen LogP contribution in [0.5, 0.6) is 0 Å². The van der Waals surface area contributed by atoms with Crippen LogP contribution >= 0.6 is 23.1 Å². The highest BCUT2D eigenvalue weighted by Gasteiger charge is 2.26. The van der Waals surface area contributed by atoms with E-state index in [4.69, 9.17) is 4.98 Å². The third-order valence-corrected chi connectivity index (χ3v) is 9.44. The van der Waals surface area contributed by atoms with Crippen LogP contribution in [0, 0.1) is 0 Å². The van der Waals surface area contributed by atoms with E-state index < -0.39 is 10.0 Å². The van der Waals surface area contributed by atoms with Crippen LogP contribution in [-0.2, 0) is 22.3 Å². The van der Waals surface area contributed by atoms with Crippen LogP contribution in [0.2, 0.25) is 0 Å². The van der Waals surface area contributed by atoms with E-state index in [2.05, 4.69) is 14.5 Å². The lowest BCUT2D eigenvalue weighted by Crippen LogP contribution is -2.35. The van der Waals surface area contributed by atoms with Gasteiger partial charge in [-0.15, -0.1) is 11.3 Å². The van der Waals surface area contributed by atoms with E-state index in [0.717, 1.165) is 29.9 Å². The largest absolute Gasteiger partial charge is 0.319 e. The summed E-state index contributed by atoms with van der Waals surface area (Å²) in [5.74, 6) is 1.05. The Hall–Kier alpha value is -2.21. The number of thioether (sulfide) groups is 1. The van der Waals surface area contributed by atoms with Crippen LogP contribution in [0.1, 0.15) is 32.0 Å². The summed E-state index contributed by atoms with van der Waals surface area (Å²) in [5.41, 5.74) is 2.12. The SMILES string of the molecule is CCn1c(SCc2nc3ccsc3c(=O)[nH]2)nc2cc(S(=O)(=O)N3CCCCC3)ccc21. The number of hydrogen-bond donors (Lipinski definition) is 1. The second kappa shape index (κ2) is 8.62. The van der Waals surface area contributed by atoms with E-state index in [1.165, 1.54) is 23.1 Å². The first-order valence-electron chi connectivity index (χ1n) is 10.6. The van der Waals surface area contributed by atoms with Gasteiger partial charge < -0.3 is 9.55 Å². The number of aryl methyl sites for hydroxylation is 1. The zero-order valence-corrected chi connectivity index (χ0v) is 20.0. The highest BCUT2D eigenvalue weighted by atomic mass is 32.2. The maximum Gasteiger partial charge on any atom is 0.268 e. The molecule has 4 aromatic rings. The van der Waals surface area contributed by atoms with Gasteiger partial charge in [0.15, 0.2) is 5.16 Å². The Kier molecular flexibility index (Phi) is 5.82. The second-order valence-corrected chi connectivity index (χ2v) is 11.5. The number of benzene rings is 1. The maximum atomic E-state index is 13.1. The fraction of sp³-hybridized carbons (Fsp3) is 0.381. The van der Waals surface area contributed by atoms with Crippen molar-refractivity contribution in [1.82, 2.24) is 23.8 Å². The number of sulfonamides is 1. The first-order chi connectivity index (χ1) is 15.5. The Morgan fingerprint density at radius 2 is 1.94 bits per heavy atom. The fourth-order valence-electron chi connectivity index (χ4n) is 4.04. The molecule has 1 aromatic carbocycles. The molecule has 1 aliphatic rings. The summed E-state index contributed by atoms with van der Waals surface area (Å²) in [6.07, 6.45) is 2.88. The molecule has 1 aliphatic heterocycles. The number of piperidine rings is 1. The van der Waals surface area contributed by atoms with Crippen LogP contribution < -0.4 is 5.56 Å². The van der Waals surface area contributed by atoms with Gasteiger partial charge in [-0.1, -0.05) is 18.2 Å². The van der Waals surface area contributed by atoms with E-state index in [-0.39, 0.29) is 10.5 Å². The molecule has 0 amide bonds. The molecule has 3 aromatic heterocycles. The second-order valence-electron chi connectivity index (χ2n) is 7.69. The summed E-state index contributed by atoms with van der Waals surface area (Å²) in [4.78, 5) is 24.6. The average molecular weight is 490 g/mol. The van der Waals surface area contributed by atoms with E-state index in [1.807, 2.05) is 24.4 Å². The summed E-state index contributed by atoms with van der Waals surface area (Å²) in [7, 11) is -3.51. The number of nitrogens with one attached hydrogen (secondary N) is 1. The van der Waals surface area contributed by atoms with E-state index in [0.29, 0.717) is 46.9 Å². The smallest absolute Gasteiger partial charge is 0.268 e. The van der Waals surface area contributed by atoms with E-state index in [9.17, 15) is 13.2 Å². The van der Waals surface area contributed by atoms with Gasteiger partial charge in [0.05, 0.1) is 27.2 Å². The van der Waals surface area contributed by atoms with Gasteiger partial charge in [-0.25, -0.2) is 18.4 Å². The highest BCUT2D eigenvalue weighted by Crippen LogP contribution is 2.29. The van der Waals surface area contributed by atoms with E-state index >= 15 is 0 Å². The number of fused-ring (bicyclic) bond motifs is 2. The molecule has 1 fully saturated rings. The number of aromatic nitrogens is 4. The predicted octanol–water partition coefficient (Wildman–Crippen LogP) is 3.82. The number of nitrogens with zero attached hydrogens (tertiary/aromatic N) is 4. The number of thiophene rings is 1. The van der Waals surface area contributed by atoms with Gasteiger partial charge in [-0.3, -0.25) is 4.79 Å². The minimum absolute atomic E-state index is 0.128. The maximum absolute atomic E-state index is 13.1. The van der Waals surface area contributed by atoms with Crippen molar-refractivity contribution in [2.75, 3.05) is 13.1 Å². The van der Waals surface area contributed by atoms with Crippen LogP contribution in [-0.4, -0.2) is 45.3 Å². The van der Waals surface area contributed by atoms with Crippen molar-refractivity contribution < 1.29 is 8.42 Å². The lowest BCUT2D eigenvalue weighted by atomic mass is 10.2. The summed E-state index contributed by atoms with van der Waals surface area (Å²) < 4.78 is 30.4. The van der Waals surface area contributed by atoms with Crippen molar-refractivity contribution in [3.63, 3.8) is 0 Å². The fourth-order valence-corrected chi connectivity index (χ4v) is 7.25. The van der Waals surface area contributed by atoms with Gasteiger partial charge in [-0.05, 0) is 49.4 Å². The van der Waals surface area contributed by atoms with Crippen molar-refractivity contribution in [2.45, 2.75) is 48.5 Å². The molecule has 0 bridgehead atoms. The van der Waals surface area contributed by atoms with Gasteiger partial charge >= 0.3 is 0 Å². The standard InChI is InChI=1S/C21H23N5O3S3/c1-2-26-17-7-6-14(32(28,29)25-9-4-3-5-10-25)12-16(17)23-21(26)31-13-18-22-15-8-11-30-19(15)20(27)24-18/h6-8,11-12H,2-5,9-10,13H2,1H3,(H,22,24,27). The molecule has 168 valence electrons. The molecule has 1 N–H and O–H groups in total. The minimum atomic E-state index is -3.51. The lowest BCUT2D eigenvalue weighted by Gasteiger charge is -2.25. The highest BCUT2D eigenvalue weighted by molar-refractivity contribution is 7.98. The zero-order chi connectivity index (χ0) is 22.3. The average Bonchev–Trinajstić information content (AvgIpc) is 3.42. The zero-order valence-electron chi connectivity index (χ0n) is 17.6. The topological polar surface area (TPSA) is 101 Å². The number of rotatable bonds is 6. The van der Waals surface area contributed by atoms with Crippen LogP contribution in [0.25, 0.3) is 21.3 Å². The van der Waals surface area contributed by atoms with Gasteiger partial charge in [0.2, 0.25) is 10.0 Å². The molecule has 32 heavy (non-hydrogen) atoms. The summed E-state index contributed by atoms with van der Waals surface area (Å²) in [6, 6.07) is 7.03. The molecule has 4 heterocycles. The monoisotopic (exact) mass is 489 g/mol. The Bertz CT molecular complexity index is 1450. The summed E-state index contributed by atoms with van der Waals surface area (Å²) in [5, 5.41) is 2.62. The lowest BCUT2D eigenvalue weighted by molar-refractivity contribution is 0.346. The van der Waals surface area contributed by atoms with Crippen LogP contribution in [0.3, 0.4) is 0 Å². The van der Waals surface area contributed by atoms with E-state index in [1.54, 1.807) is 16.4 Å². The first kappa shape index (κ1) is 21.6. The number of aromatic amines is 1. The molecule has 0 aliphatic carbocycles. The molecule has 11 heteroatoms. The number of hydrogen-bond acceptors (Lipinski definition) is 7. The molecule has 8 nitrogen and oxygen atoms in total. The molecule has 5 rings (SSSR count). The summed E-state index contributed by atoms with van der Waals surface area (Å²) in [6.45, 7) is 3.88. The molecule has 0 spiro atoms.